The number of rotatable bonds is 6. The number of hydrogen-bond acceptors (Lipinski definition) is 4. The molecular weight excluding hydrogens is 388 g/mol. The van der Waals surface area contributed by atoms with Gasteiger partial charge in [0.05, 0.1) is 11.0 Å². The molecule has 6 nitrogen and oxygen atoms in total. The predicted octanol–water partition coefficient (Wildman–Crippen LogP) is 4.04. The standard InChI is InChI=1S/C25H24N4O2/c1-17(2)16-29-22-6-4-3-5-21(22)28-23(25(29)31)19-7-9-20(10-8-19)24(30)27-15-18-11-13-26-14-12-18/h3-14,17H,15-16H2,1-2H3,(H,27,30). The SMILES string of the molecule is CC(C)Cn1c(=O)c(-c2ccc(C(=O)NCc3ccncc3)cc2)nc2ccccc21. The second-order valence-corrected chi connectivity index (χ2v) is 7.87. The Hall–Kier alpha value is -3.80. The van der Waals surface area contributed by atoms with Crippen molar-refractivity contribution in [1.82, 2.24) is 19.9 Å². The Kier molecular flexibility index (Phi) is 5.89. The smallest absolute Gasteiger partial charge is 0.277 e. The Labute approximate surface area is 180 Å². The quantitative estimate of drug-likeness (QED) is 0.518. The summed E-state index contributed by atoms with van der Waals surface area (Å²) in [6.07, 6.45) is 3.39. The minimum Gasteiger partial charge on any atom is -0.348 e. The molecular formula is C25H24N4O2. The van der Waals surface area contributed by atoms with Crippen molar-refractivity contribution in [3.63, 3.8) is 0 Å². The van der Waals surface area contributed by atoms with Gasteiger partial charge in [0.1, 0.15) is 5.69 Å². The van der Waals surface area contributed by atoms with Crippen molar-refractivity contribution in [3.8, 4) is 11.3 Å². The predicted molar refractivity (Wildman–Crippen MR) is 122 cm³/mol. The number of benzene rings is 2. The molecule has 4 aromatic rings. The van der Waals surface area contributed by atoms with Gasteiger partial charge in [0, 0.05) is 36.6 Å². The number of nitrogens with zero attached hydrogens (tertiary/aromatic N) is 3. The number of nitrogens with one attached hydrogen (secondary N) is 1. The van der Waals surface area contributed by atoms with Crippen molar-refractivity contribution < 1.29 is 4.79 Å². The lowest BCUT2D eigenvalue weighted by Gasteiger charge is -2.14. The van der Waals surface area contributed by atoms with E-state index < -0.39 is 0 Å². The monoisotopic (exact) mass is 412 g/mol. The fraction of sp³-hybridized carbons (Fsp3) is 0.200. The molecule has 31 heavy (non-hydrogen) atoms. The summed E-state index contributed by atoms with van der Waals surface area (Å²) in [6.45, 7) is 5.21. The minimum atomic E-state index is -0.174. The average molecular weight is 412 g/mol. The van der Waals surface area contributed by atoms with Crippen LogP contribution >= 0.6 is 0 Å². The lowest BCUT2D eigenvalue weighted by Crippen LogP contribution is -2.25. The van der Waals surface area contributed by atoms with E-state index in [1.165, 1.54) is 0 Å². The molecule has 1 amide bonds. The van der Waals surface area contributed by atoms with Crippen LogP contribution in [0.4, 0.5) is 0 Å². The molecule has 0 saturated carbocycles. The fourth-order valence-electron chi connectivity index (χ4n) is 3.49. The van der Waals surface area contributed by atoms with Gasteiger partial charge in [-0.3, -0.25) is 14.6 Å². The van der Waals surface area contributed by atoms with Gasteiger partial charge in [-0.2, -0.15) is 0 Å². The number of para-hydroxylation sites is 2. The van der Waals surface area contributed by atoms with Gasteiger partial charge in [0.2, 0.25) is 0 Å². The second-order valence-electron chi connectivity index (χ2n) is 7.87. The molecule has 2 heterocycles. The molecule has 6 heteroatoms. The number of carbonyl (C=O) groups is 1. The number of amides is 1. The third-order valence-electron chi connectivity index (χ3n) is 5.02. The maximum Gasteiger partial charge on any atom is 0.277 e. The summed E-state index contributed by atoms with van der Waals surface area (Å²) in [4.78, 5) is 34.3. The lowest BCUT2D eigenvalue weighted by molar-refractivity contribution is 0.0951. The highest BCUT2D eigenvalue weighted by atomic mass is 16.1. The molecule has 4 rings (SSSR count). The van der Waals surface area contributed by atoms with Crippen LogP contribution in [0.2, 0.25) is 0 Å². The van der Waals surface area contributed by atoms with Crippen LogP contribution in [0, 0.1) is 5.92 Å². The first-order valence-corrected chi connectivity index (χ1v) is 10.3. The summed E-state index contributed by atoms with van der Waals surface area (Å²) in [7, 11) is 0. The molecule has 156 valence electrons. The van der Waals surface area contributed by atoms with Gasteiger partial charge < -0.3 is 9.88 Å². The number of carbonyl (C=O) groups excluding carboxylic acids is 1. The van der Waals surface area contributed by atoms with Gasteiger partial charge in [-0.25, -0.2) is 4.98 Å². The zero-order valence-corrected chi connectivity index (χ0v) is 17.6. The van der Waals surface area contributed by atoms with Crippen LogP contribution in [0.15, 0.2) is 77.9 Å². The van der Waals surface area contributed by atoms with E-state index in [1.807, 2.05) is 36.4 Å². The summed E-state index contributed by atoms with van der Waals surface area (Å²) < 4.78 is 1.79. The molecule has 2 aromatic carbocycles. The summed E-state index contributed by atoms with van der Waals surface area (Å²) in [6, 6.07) is 18.4. The highest BCUT2D eigenvalue weighted by Gasteiger charge is 2.14. The van der Waals surface area contributed by atoms with E-state index in [0.717, 1.165) is 16.6 Å². The highest BCUT2D eigenvalue weighted by Crippen LogP contribution is 2.19. The Morgan fingerprint density at radius 3 is 2.42 bits per heavy atom. The highest BCUT2D eigenvalue weighted by molar-refractivity contribution is 5.94. The Morgan fingerprint density at radius 1 is 1.00 bits per heavy atom. The van der Waals surface area contributed by atoms with Crippen molar-refractivity contribution in [2.24, 2.45) is 5.92 Å². The van der Waals surface area contributed by atoms with Gasteiger partial charge in [0.25, 0.3) is 11.5 Å². The molecule has 2 aromatic heterocycles. The minimum absolute atomic E-state index is 0.123. The molecule has 0 aliphatic heterocycles. The second kappa shape index (κ2) is 8.92. The van der Waals surface area contributed by atoms with E-state index in [-0.39, 0.29) is 11.5 Å². The van der Waals surface area contributed by atoms with E-state index in [2.05, 4.69) is 29.1 Å². The zero-order valence-electron chi connectivity index (χ0n) is 17.6. The molecule has 0 spiro atoms. The number of fused-ring (bicyclic) bond motifs is 1. The molecule has 0 aliphatic carbocycles. The average Bonchev–Trinajstić information content (AvgIpc) is 2.80. The van der Waals surface area contributed by atoms with Gasteiger partial charge in [-0.1, -0.05) is 38.1 Å². The number of aromatic nitrogens is 3. The number of hydrogen-bond donors (Lipinski definition) is 1. The van der Waals surface area contributed by atoms with E-state index >= 15 is 0 Å². The maximum atomic E-state index is 13.2. The van der Waals surface area contributed by atoms with Crippen LogP contribution in [0.1, 0.15) is 29.8 Å². The van der Waals surface area contributed by atoms with E-state index in [1.54, 1.807) is 41.2 Å². The van der Waals surface area contributed by atoms with Crippen LogP contribution in [0.25, 0.3) is 22.3 Å². The van der Waals surface area contributed by atoms with Crippen LogP contribution in [-0.4, -0.2) is 20.4 Å². The molecule has 0 radical (unpaired) electrons. The van der Waals surface area contributed by atoms with Crippen molar-refractivity contribution in [1.29, 1.82) is 0 Å². The number of pyridine rings is 1. The Balaban J connectivity index is 1.62. The molecule has 1 N–H and O–H groups in total. The molecule has 0 fully saturated rings. The third kappa shape index (κ3) is 4.53. The first-order valence-electron chi connectivity index (χ1n) is 10.3. The molecule has 0 bridgehead atoms. The van der Waals surface area contributed by atoms with Crippen LogP contribution in [0.3, 0.4) is 0 Å². The summed E-state index contributed by atoms with van der Waals surface area (Å²) >= 11 is 0. The molecule has 0 saturated heterocycles. The first kappa shape index (κ1) is 20.5. The van der Waals surface area contributed by atoms with Crippen molar-refractivity contribution in [2.45, 2.75) is 26.9 Å². The molecule has 0 atom stereocenters. The molecule has 0 aliphatic rings. The van der Waals surface area contributed by atoms with E-state index in [9.17, 15) is 9.59 Å². The van der Waals surface area contributed by atoms with Crippen LogP contribution < -0.4 is 10.9 Å². The van der Waals surface area contributed by atoms with Crippen LogP contribution in [0.5, 0.6) is 0 Å². The third-order valence-corrected chi connectivity index (χ3v) is 5.02. The zero-order chi connectivity index (χ0) is 21.8. The van der Waals surface area contributed by atoms with Crippen molar-refractivity contribution in [2.75, 3.05) is 0 Å². The van der Waals surface area contributed by atoms with Crippen molar-refractivity contribution in [3.05, 3.63) is 94.5 Å². The van der Waals surface area contributed by atoms with Gasteiger partial charge in [-0.15, -0.1) is 0 Å². The Morgan fingerprint density at radius 2 is 1.71 bits per heavy atom. The molecule has 0 unspecified atom stereocenters. The topological polar surface area (TPSA) is 76.9 Å². The summed E-state index contributed by atoms with van der Waals surface area (Å²) in [5, 5.41) is 2.89. The lowest BCUT2D eigenvalue weighted by atomic mass is 10.1. The largest absolute Gasteiger partial charge is 0.348 e. The normalized spacial score (nSPS) is 11.1. The van der Waals surface area contributed by atoms with Crippen LogP contribution in [-0.2, 0) is 13.1 Å². The maximum absolute atomic E-state index is 13.2. The summed E-state index contributed by atoms with van der Waals surface area (Å²) in [5.41, 5.74) is 4.07. The van der Waals surface area contributed by atoms with E-state index in [0.29, 0.717) is 35.8 Å². The van der Waals surface area contributed by atoms with E-state index in [4.69, 9.17) is 0 Å². The van der Waals surface area contributed by atoms with Crippen molar-refractivity contribution >= 4 is 16.9 Å². The summed E-state index contributed by atoms with van der Waals surface area (Å²) in [5.74, 6) is 0.148. The van der Waals surface area contributed by atoms with Gasteiger partial charge in [0.15, 0.2) is 0 Å². The first-order chi connectivity index (χ1) is 15.0. The Bertz CT molecular complexity index is 1260. The van der Waals surface area contributed by atoms with Gasteiger partial charge >= 0.3 is 0 Å². The fourth-order valence-corrected chi connectivity index (χ4v) is 3.49. The van der Waals surface area contributed by atoms with Gasteiger partial charge in [-0.05, 0) is 47.9 Å².